The highest BCUT2D eigenvalue weighted by atomic mass is 35.5. The van der Waals surface area contributed by atoms with Crippen molar-refractivity contribution in [3.05, 3.63) is 90.0 Å². The first-order chi connectivity index (χ1) is 13.0. The summed E-state index contributed by atoms with van der Waals surface area (Å²) in [4.78, 5) is 4.70. The highest BCUT2D eigenvalue weighted by Gasteiger charge is 2.17. The Labute approximate surface area is 162 Å². The van der Waals surface area contributed by atoms with Gasteiger partial charge in [-0.15, -0.1) is 0 Å². The van der Waals surface area contributed by atoms with Gasteiger partial charge in [-0.2, -0.15) is 0 Å². The van der Waals surface area contributed by atoms with Crippen LogP contribution in [0.1, 0.15) is 0 Å². The SMILES string of the molecule is O=S(=O)(Nc1cccc(-c2ccc3ccccc3n2)c1)c1ccccc1Cl. The third kappa shape index (κ3) is 3.65. The van der Waals surface area contributed by atoms with Gasteiger partial charge in [0.15, 0.2) is 0 Å². The minimum absolute atomic E-state index is 0.0425. The summed E-state index contributed by atoms with van der Waals surface area (Å²) < 4.78 is 27.9. The average Bonchev–Trinajstić information content (AvgIpc) is 2.67. The molecule has 0 aliphatic carbocycles. The van der Waals surface area contributed by atoms with Crippen molar-refractivity contribution in [2.45, 2.75) is 4.90 Å². The number of halogens is 1. The molecule has 0 aliphatic heterocycles. The van der Waals surface area contributed by atoms with E-state index in [0.29, 0.717) is 5.69 Å². The number of sulfonamides is 1. The molecule has 0 aliphatic rings. The van der Waals surface area contributed by atoms with Gasteiger partial charge in [-0.3, -0.25) is 4.72 Å². The number of anilines is 1. The summed E-state index contributed by atoms with van der Waals surface area (Å²) in [6, 6.07) is 25.2. The van der Waals surface area contributed by atoms with Crippen molar-refractivity contribution in [3.63, 3.8) is 0 Å². The molecular weight excluding hydrogens is 380 g/mol. The topological polar surface area (TPSA) is 59.1 Å². The number of aromatic nitrogens is 1. The lowest BCUT2D eigenvalue weighted by Crippen LogP contribution is -2.13. The molecule has 27 heavy (non-hydrogen) atoms. The van der Waals surface area contributed by atoms with Crippen molar-refractivity contribution in [1.82, 2.24) is 4.98 Å². The maximum absolute atomic E-state index is 12.6. The van der Waals surface area contributed by atoms with Crippen LogP contribution in [0.25, 0.3) is 22.2 Å². The fraction of sp³-hybridized carbons (Fsp3) is 0. The average molecular weight is 395 g/mol. The molecule has 0 atom stereocenters. The molecule has 1 aromatic heterocycles. The molecule has 0 bridgehead atoms. The zero-order chi connectivity index (χ0) is 18.9. The van der Waals surface area contributed by atoms with Gasteiger partial charge in [-0.05, 0) is 36.4 Å². The Bertz CT molecular complexity index is 1240. The molecule has 134 valence electrons. The Morgan fingerprint density at radius 2 is 1.59 bits per heavy atom. The predicted octanol–water partition coefficient (Wildman–Crippen LogP) is 5.36. The van der Waals surface area contributed by atoms with E-state index < -0.39 is 10.0 Å². The van der Waals surface area contributed by atoms with Gasteiger partial charge in [0.1, 0.15) is 4.90 Å². The largest absolute Gasteiger partial charge is 0.280 e. The van der Waals surface area contributed by atoms with Crippen molar-refractivity contribution in [2.24, 2.45) is 0 Å². The van der Waals surface area contributed by atoms with Crippen LogP contribution < -0.4 is 4.72 Å². The molecule has 3 aromatic carbocycles. The van der Waals surface area contributed by atoms with E-state index in [9.17, 15) is 8.42 Å². The lowest BCUT2D eigenvalue weighted by molar-refractivity contribution is 0.601. The molecule has 4 aromatic rings. The highest BCUT2D eigenvalue weighted by Crippen LogP contribution is 2.27. The predicted molar refractivity (Wildman–Crippen MR) is 109 cm³/mol. The molecule has 0 unspecified atom stereocenters. The fourth-order valence-corrected chi connectivity index (χ4v) is 4.41. The molecule has 0 saturated heterocycles. The maximum Gasteiger partial charge on any atom is 0.263 e. The Kier molecular flexibility index (Phi) is 4.56. The van der Waals surface area contributed by atoms with Crippen LogP contribution in [-0.4, -0.2) is 13.4 Å². The molecule has 1 heterocycles. The first-order valence-corrected chi connectivity index (χ1v) is 10.1. The van der Waals surface area contributed by atoms with Gasteiger partial charge in [0, 0.05) is 16.6 Å². The van der Waals surface area contributed by atoms with Crippen molar-refractivity contribution in [2.75, 3.05) is 4.72 Å². The maximum atomic E-state index is 12.6. The summed E-state index contributed by atoms with van der Waals surface area (Å²) in [6.07, 6.45) is 0. The second kappa shape index (κ2) is 7.02. The fourth-order valence-electron chi connectivity index (χ4n) is 2.84. The first-order valence-electron chi connectivity index (χ1n) is 8.26. The quantitative estimate of drug-likeness (QED) is 0.507. The van der Waals surface area contributed by atoms with Crippen molar-refractivity contribution >= 4 is 38.2 Å². The minimum Gasteiger partial charge on any atom is -0.280 e. The number of hydrogen-bond acceptors (Lipinski definition) is 3. The molecule has 0 radical (unpaired) electrons. The molecule has 0 amide bonds. The van der Waals surface area contributed by atoms with E-state index >= 15 is 0 Å². The van der Waals surface area contributed by atoms with Crippen LogP contribution in [0, 0.1) is 0 Å². The summed E-state index contributed by atoms with van der Waals surface area (Å²) >= 11 is 6.03. The van der Waals surface area contributed by atoms with Crippen LogP contribution in [0.3, 0.4) is 0 Å². The van der Waals surface area contributed by atoms with E-state index in [1.165, 1.54) is 6.07 Å². The van der Waals surface area contributed by atoms with E-state index in [1.807, 2.05) is 42.5 Å². The van der Waals surface area contributed by atoms with Crippen molar-refractivity contribution in [1.29, 1.82) is 0 Å². The number of hydrogen-bond donors (Lipinski definition) is 1. The van der Waals surface area contributed by atoms with Crippen LogP contribution in [0.15, 0.2) is 89.8 Å². The van der Waals surface area contributed by atoms with E-state index in [4.69, 9.17) is 11.6 Å². The third-order valence-electron chi connectivity index (χ3n) is 4.14. The molecule has 1 N–H and O–H groups in total. The molecule has 4 rings (SSSR count). The van der Waals surface area contributed by atoms with Crippen molar-refractivity contribution < 1.29 is 8.42 Å². The van der Waals surface area contributed by atoms with Crippen LogP contribution in [0.5, 0.6) is 0 Å². The third-order valence-corrected chi connectivity index (χ3v) is 6.02. The smallest absolute Gasteiger partial charge is 0.263 e. The Morgan fingerprint density at radius 3 is 2.44 bits per heavy atom. The van der Waals surface area contributed by atoms with Crippen LogP contribution in [0.4, 0.5) is 5.69 Å². The normalized spacial score (nSPS) is 11.4. The van der Waals surface area contributed by atoms with Crippen molar-refractivity contribution in [3.8, 4) is 11.3 Å². The Balaban J connectivity index is 1.69. The second-order valence-electron chi connectivity index (χ2n) is 6.01. The number of benzene rings is 3. The van der Waals surface area contributed by atoms with Gasteiger partial charge in [-0.1, -0.05) is 60.1 Å². The molecule has 6 heteroatoms. The van der Waals surface area contributed by atoms with Gasteiger partial charge in [0.05, 0.1) is 16.2 Å². The van der Waals surface area contributed by atoms with E-state index in [1.54, 1.807) is 36.4 Å². The highest BCUT2D eigenvalue weighted by molar-refractivity contribution is 7.92. The monoisotopic (exact) mass is 394 g/mol. The van der Waals surface area contributed by atoms with Gasteiger partial charge < -0.3 is 0 Å². The van der Waals surface area contributed by atoms with Crippen LogP contribution in [0.2, 0.25) is 5.02 Å². The number of nitrogens with zero attached hydrogens (tertiary/aromatic N) is 1. The summed E-state index contributed by atoms with van der Waals surface area (Å²) in [5.41, 5.74) is 2.92. The van der Waals surface area contributed by atoms with Gasteiger partial charge >= 0.3 is 0 Å². The number of para-hydroxylation sites is 1. The summed E-state index contributed by atoms with van der Waals surface area (Å²) in [5.74, 6) is 0. The standard InChI is InChI=1S/C21H15ClN2O2S/c22-18-9-2-4-11-21(18)27(25,26)24-17-8-5-7-16(14-17)20-13-12-15-6-1-3-10-19(15)23-20/h1-14,24H. The second-order valence-corrected chi connectivity index (χ2v) is 8.06. The summed E-state index contributed by atoms with van der Waals surface area (Å²) in [7, 11) is -3.78. The molecular formula is C21H15ClN2O2S. The van der Waals surface area contributed by atoms with E-state index in [0.717, 1.165) is 22.2 Å². The minimum atomic E-state index is -3.78. The molecule has 4 nitrogen and oxygen atoms in total. The molecule has 0 saturated carbocycles. The van der Waals surface area contributed by atoms with E-state index in [2.05, 4.69) is 9.71 Å². The Morgan fingerprint density at radius 1 is 0.815 bits per heavy atom. The van der Waals surface area contributed by atoms with Gasteiger partial charge in [0.25, 0.3) is 10.0 Å². The summed E-state index contributed by atoms with van der Waals surface area (Å²) in [5, 5.41) is 1.23. The van der Waals surface area contributed by atoms with Gasteiger partial charge in [-0.25, -0.2) is 13.4 Å². The number of rotatable bonds is 4. The zero-order valence-electron chi connectivity index (χ0n) is 14.1. The number of nitrogens with one attached hydrogen (secondary N) is 1. The number of fused-ring (bicyclic) bond motifs is 1. The Hall–Kier alpha value is -2.89. The first kappa shape index (κ1) is 17.5. The molecule has 0 spiro atoms. The lowest BCUT2D eigenvalue weighted by atomic mass is 10.1. The lowest BCUT2D eigenvalue weighted by Gasteiger charge is -2.11. The van der Waals surface area contributed by atoms with Crippen LogP contribution >= 0.6 is 11.6 Å². The van der Waals surface area contributed by atoms with E-state index in [-0.39, 0.29) is 9.92 Å². The number of pyridine rings is 1. The molecule has 0 fully saturated rings. The van der Waals surface area contributed by atoms with Gasteiger partial charge in [0.2, 0.25) is 0 Å². The summed E-state index contributed by atoms with van der Waals surface area (Å²) in [6.45, 7) is 0. The zero-order valence-corrected chi connectivity index (χ0v) is 15.7. The van der Waals surface area contributed by atoms with Crippen LogP contribution in [-0.2, 0) is 10.0 Å².